The van der Waals surface area contributed by atoms with Crippen LogP contribution >= 0.6 is 0 Å². The smallest absolute Gasteiger partial charge is 0.336 e. The summed E-state index contributed by atoms with van der Waals surface area (Å²) in [6.07, 6.45) is 0. The molecule has 11 heteroatoms. The van der Waals surface area contributed by atoms with Gasteiger partial charge in [-0.2, -0.15) is 0 Å². The second kappa shape index (κ2) is 10.1. The molecule has 0 aliphatic carbocycles. The molecule has 150 valence electrons. The van der Waals surface area contributed by atoms with Crippen LogP contribution in [0.25, 0.3) is 0 Å². The molecule has 0 aliphatic rings. The van der Waals surface area contributed by atoms with Gasteiger partial charge in [-0.1, -0.05) is 6.58 Å². The lowest BCUT2D eigenvalue weighted by atomic mass is 10.5. The maximum atomic E-state index is 12.6. The van der Waals surface area contributed by atoms with Gasteiger partial charge in [0.15, 0.2) is 0 Å². The summed E-state index contributed by atoms with van der Waals surface area (Å²) in [5.41, 5.74) is -1.62. The van der Waals surface area contributed by atoms with Crippen molar-refractivity contribution >= 4 is 11.8 Å². The number of carbonyl (C=O) groups is 2. The van der Waals surface area contributed by atoms with Crippen molar-refractivity contribution in [3.63, 3.8) is 0 Å². The fourth-order valence-corrected chi connectivity index (χ4v) is 2.33. The third-order valence-corrected chi connectivity index (χ3v) is 3.57. The van der Waals surface area contributed by atoms with Gasteiger partial charge in [0.25, 0.3) is 0 Å². The van der Waals surface area contributed by atoms with Gasteiger partial charge >= 0.3 is 17.1 Å². The lowest BCUT2D eigenvalue weighted by Crippen LogP contribution is -2.56. The third-order valence-electron chi connectivity index (χ3n) is 3.57. The Labute approximate surface area is 155 Å². The van der Waals surface area contributed by atoms with Gasteiger partial charge in [-0.15, -0.1) is 0 Å². The first-order valence-corrected chi connectivity index (χ1v) is 8.48. The van der Waals surface area contributed by atoms with E-state index in [1.807, 2.05) is 0 Å². The molecule has 0 spiro atoms. The molecule has 0 saturated carbocycles. The first-order valence-electron chi connectivity index (χ1n) is 8.48. The highest BCUT2D eigenvalue weighted by Crippen LogP contribution is 1.81. The van der Waals surface area contributed by atoms with E-state index in [9.17, 15) is 24.0 Å². The van der Waals surface area contributed by atoms with Gasteiger partial charge in [0.05, 0.1) is 0 Å². The summed E-state index contributed by atoms with van der Waals surface area (Å²) in [4.78, 5) is 59.7. The molecule has 27 heavy (non-hydrogen) atoms. The largest absolute Gasteiger partial charge is 0.387 e. The fourth-order valence-electron chi connectivity index (χ4n) is 2.33. The number of nitrogens with one attached hydrogen (secondary N) is 3. The Morgan fingerprint density at radius 3 is 1.26 bits per heavy atom. The van der Waals surface area contributed by atoms with E-state index in [-0.39, 0.29) is 51.1 Å². The van der Waals surface area contributed by atoms with Crippen molar-refractivity contribution in [2.75, 3.05) is 19.6 Å². The SMILES string of the molecule is C=C(C)NCCn1c(=O)n(CCNC(C)=O)c(=O)n(CCNC(C)=O)c1=O. The summed E-state index contributed by atoms with van der Waals surface area (Å²) in [6, 6.07) is 0. The van der Waals surface area contributed by atoms with E-state index in [0.717, 1.165) is 13.7 Å². The molecular weight excluding hydrogens is 356 g/mol. The molecule has 0 radical (unpaired) electrons. The van der Waals surface area contributed by atoms with E-state index in [1.54, 1.807) is 6.92 Å². The number of hydrogen-bond donors (Lipinski definition) is 3. The molecule has 11 nitrogen and oxygen atoms in total. The van der Waals surface area contributed by atoms with E-state index < -0.39 is 17.1 Å². The van der Waals surface area contributed by atoms with Crippen molar-refractivity contribution < 1.29 is 9.59 Å². The van der Waals surface area contributed by atoms with Crippen molar-refractivity contribution in [1.82, 2.24) is 29.7 Å². The number of allylic oxidation sites excluding steroid dienone is 1. The van der Waals surface area contributed by atoms with Crippen LogP contribution in [0.5, 0.6) is 0 Å². The molecular formula is C16H26N6O5. The third kappa shape index (κ3) is 6.60. The molecule has 1 aromatic rings. The maximum Gasteiger partial charge on any atom is 0.336 e. The normalized spacial score (nSPS) is 10.3. The zero-order valence-corrected chi connectivity index (χ0v) is 15.8. The molecule has 1 heterocycles. The van der Waals surface area contributed by atoms with Gasteiger partial charge in [0.2, 0.25) is 11.8 Å². The van der Waals surface area contributed by atoms with Gasteiger partial charge in [-0.3, -0.25) is 9.59 Å². The topological polar surface area (TPSA) is 136 Å². The lowest BCUT2D eigenvalue weighted by molar-refractivity contribution is -0.119. The molecule has 0 atom stereocenters. The molecule has 0 saturated heterocycles. The molecule has 0 aromatic carbocycles. The summed E-state index contributed by atoms with van der Waals surface area (Å²) in [7, 11) is 0. The molecule has 1 rings (SSSR count). The molecule has 0 aliphatic heterocycles. The Morgan fingerprint density at radius 1 is 0.704 bits per heavy atom. The van der Waals surface area contributed by atoms with Gasteiger partial charge in [-0.25, -0.2) is 28.1 Å². The summed E-state index contributed by atoms with van der Waals surface area (Å²) >= 11 is 0. The number of carbonyl (C=O) groups excluding carboxylic acids is 2. The highest BCUT2D eigenvalue weighted by molar-refractivity contribution is 5.73. The van der Waals surface area contributed by atoms with Crippen molar-refractivity contribution in [3.05, 3.63) is 43.7 Å². The van der Waals surface area contributed by atoms with Gasteiger partial charge in [0, 0.05) is 58.8 Å². The number of hydrogen-bond acceptors (Lipinski definition) is 6. The minimum absolute atomic E-state index is 0.0328. The number of nitrogens with zero attached hydrogens (tertiary/aromatic N) is 3. The number of amides is 2. The van der Waals surface area contributed by atoms with Crippen LogP contribution in [-0.2, 0) is 29.2 Å². The minimum Gasteiger partial charge on any atom is -0.387 e. The van der Waals surface area contributed by atoms with Crippen LogP contribution in [0.3, 0.4) is 0 Å². The zero-order valence-electron chi connectivity index (χ0n) is 15.8. The summed E-state index contributed by atoms with van der Waals surface area (Å²) in [6.45, 7) is 8.34. The standard InChI is InChI=1S/C16H26N6O5/c1-11(2)17-5-8-20-14(25)21(9-6-18-12(3)23)16(27)22(15(20)26)10-7-19-13(4)24/h17H,1,5-10H2,2-4H3,(H,18,23)(H,19,24). The van der Waals surface area contributed by atoms with Gasteiger partial charge in [0.1, 0.15) is 0 Å². The van der Waals surface area contributed by atoms with Crippen molar-refractivity contribution in [2.24, 2.45) is 0 Å². The predicted octanol–water partition coefficient (Wildman–Crippen LogP) is -2.43. The Balaban J connectivity index is 3.25. The molecule has 0 fully saturated rings. The van der Waals surface area contributed by atoms with Crippen molar-refractivity contribution in [2.45, 2.75) is 40.4 Å². The van der Waals surface area contributed by atoms with E-state index in [1.165, 1.54) is 13.8 Å². The molecule has 0 bridgehead atoms. The predicted molar refractivity (Wildman–Crippen MR) is 99.4 cm³/mol. The van der Waals surface area contributed by atoms with E-state index in [0.29, 0.717) is 5.70 Å². The summed E-state index contributed by atoms with van der Waals surface area (Å²) in [5.74, 6) is -0.596. The minimum atomic E-state index is -0.787. The van der Waals surface area contributed by atoms with Gasteiger partial charge < -0.3 is 16.0 Å². The highest BCUT2D eigenvalue weighted by Gasteiger charge is 2.15. The Hall–Kier alpha value is -3.11. The van der Waals surface area contributed by atoms with Crippen LogP contribution in [0, 0.1) is 0 Å². The van der Waals surface area contributed by atoms with Crippen LogP contribution in [0.1, 0.15) is 20.8 Å². The highest BCUT2D eigenvalue weighted by atomic mass is 16.2. The molecule has 0 unspecified atom stereocenters. The molecule has 3 N–H and O–H groups in total. The average Bonchev–Trinajstić information content (AvgIpc) is 2.56. The van der Waals surface area contributed by atoms with Crippen LogP contribution in [0.15, 0.2) is 26.7 Å². The van der Waals surface area contributed by atoms with Crippen LogP contribution in [0.4, 0.5) is 0 Å². The Kier molecular flexibility index (Phi) is 8.24. The first kappa shape index (κ1) is 21.9. The Bertz CT molecular complexity index is 734. The maximum absolute atomic E-state index is 12.6. The van der Waals surface area contributed by atoms with Crippen molar-refractivity contribution in [1.29, 1.82) is 0 Å². The second-order valence-electron chi connectivity index (χ2n) is 5.98. The van der Waals surface area contributed by atoms with Crippen LogP contribution in [-0.4, -0.2) is 45.1 Å². The Morgan fingerprint density at radius 2 is 1.00 bits per heavy atom. The van der Waals surface area contributed by atoms with E-state index >= 15 is 0 Å². The monoisotopic (exact) mass is 382 g/mol. The van der Waals surface area contributed by atoms with Crippen LogP contribution in [0.2, 0.25) is 0 Å². The molecule has 1 aromatic heterocycles. The second-order valence-corrected chi connectivity index (χ2v) is 5.98. The summed E-state index contributed by atoms with van der Waals surface area (Å²) < 4.78 is 2.73. The molecule has 2 amide bonds. The van der Waals surface area contributed by atoms with E-state index in [4.69, 9.17) is 0 Å². The number of rotatable bonds is 10. The van der Waals surface area contributed by atoms with Crippen LogP contribution < -0.4 is 33.0 Å². The quantitative estimate of drug-likeness (QED) is 0.412. The first-order chi connectivity index (χ1) is 12.6. The fraction of sp³-hybridized carbons (Fsp3) is 0.562. The summed E-state index contributed by atoms with van der Waals surface area (Å²) in [5, 5.41) is 7.92. The lowest BCUT2D eigenvalue weighted by Gasteiger charge is -2.14. The van der Waals surface area contributed by atoms with E-state index in [2.05, 4.69) is 22.5 Å². The average molecular weight is 382 g/mol. The zero-order chi connectivity index (χ0) is 20.6. The van der Waals surface area contributed by atoms with Crippen molar-refractivity contribution in [3.8, 4) is 0 Å². The number of aromatic nitrogens is 3. The van der Waals surface area contributed by atoms with Gasteiger partial charge in [-0.05, 0) is 6.92 Å².